The van der Waals surface area contributed by atoms with Gasteiger partial charge in [-0.1, -0.05) is 36.6 Å². The minimum absolute atomic E-state index is 0.215. The molecule has 1 aliphatic heterocycles. The van der Waals surface area contributed by atoms with E-state index in [1.807, 2.05) is 24.3 Å². The molecule has 3 aromatic rings. The SMILES string of the molecule is CC1CCc2c(ccc3c2nc(CC(C=O)c2ccc(Cl)cc2)n3C2CCCC2)N1C. The second-order valence-corrected chi connectivity index (χ2v) is 9.70. The number of aromatic nitrogens is 2. The molecule has 5 heteroatoms. The topological polar surface area (TPSA) is 38.1 Å². The standard InChI is InChI=1S/C26H30ClN3O/c1-17-7-12-22-23(29(17)2)13-14-24-26(22)28-25(30(24)21-5-3-4-6-21)15-19(16-31)18-8-10-20(27)11-9-18/h8-11,13-14,16-17,19,21H,3-7,12,15H2,1-2H3. The quantitative estimate of drug-likeness (QED) is 0.454. The zero-order valence-electron chi connectivity index (χ0n) is 18.4. The van der Waals surface area contributed by atoms with Crippen LogP contribution in [-0.4, -0.2) is 28.9 Å². The summed E-state index contributed by atoms with van der Waals surface area (Å²) in [5.41, 5.74) is 6.05. The van der Waals surface area contributed by atoms with Crippen molar-refractivity contribution >= 4 is 34.6 Å². The van der Waals surface area contributed by atoms with Crippen molar-refractivity contribution in [2.45, 2.75) is 69.9 Å². The Kier molecular flexibility index (Phi) is 5.51. The van der Waals surface area contributed by atoms with Gasteiger partial charge in [0.1, 0.15) is 12.1 Å². The number of carbonyl (C=O) groups excluding carboxylic acids is 1. The number of halogens is 1. The molecular weight excluding hydrogens is 406 g/mol. The Balaban J connectivity index is 1.61. The molecule has 2 aromatic carbocycles. The third-order valence-electron chi connectivity index (χ3n) is 7.42. The van der Waals surface area contributed by atoms with E-state index in [0.717, 1.165) is 36.0 Å². The van der Waals surface area contributed by atoms with Gasteiger partial charge in [0.15, 0.2) is 0 Å². The zero-order chi connectivity index (χ0) is 21.5. The molecule has 1 aliphatic carbocycles. The first kappa shape index (κ1) is 20.6. The Bertz CT molecular complexity index is 1100. The average molecular weight is 436 g/mol. The summed E-state index contributed by atoms with van der Waals surface area (Å²) < 4.78 is 2.47. The number of anilines is 1. The normalized spacial score (nSPS) is 20.2. The third kappa shape index (κ3) is 3.65. The Morgan fingerprint density at radius 2 is 1.87 bits per heavy atom. The molecule has 1 aromatic heterocycles. The number of fused-ring (bicyclic) bond motifs is 3. The minimum Gasteiger partial charge on any atom is -0.372 e. The van der Waals surface area contributed by atoms with Crippen molar-refractivity contribution in [2.24, 2.45) is 0 Å². The number of aryl methyl sites for hydroxylation is 1. The van der Waals surface area contributed by atoms with Gasteiger partial charge in [-0.15, -0.1) is 0 Å². The summed E-state index contributed by atoms with van der Waals surface area (Å²) in [7, 11) is 2.19. The minimum atomic E-state index is -0.215. The van der Waals surface area contributed by atoms with Crippen LogP contribution in [-0.2, 0) is 17.6 Å². The number of imidazole rings is 1. The van der Waals surface area contributed by atoms with Crippen molar-refractivity contribution in [2.75, 3.05) is 11.9 Å². The van der Waals surface area contributed by atoms with Crippen LogP contribution in [0.3, 0.4) is 0 Å². The van der Waals surface area contributed by atoms with Crippen molar-refractivity contribution in [3.63, 3.8) is 0 Å². The molecule has 0 radical (unpaired) electrons. The summed E-state index contributed by atoms with van der Waals surface area (Å²) in [6.45, 7) is 2.29. The average Bonchev–Trinajstić information content (AvgIpc) is 3.42. The predicted octanol–water partition coefficient (Wildman–Crippen LogP) is 6.10. The predicted molar refractivity (Wildman–Crippen MR) is 127 cm³/mol. The van der Waals surface area contributed by atoms with Gasteiger partial charge in [-0.3, -0.25) is 0 Å². The highest BCUT2D eigenvalue weighted by Gasteiger charge is 2.28. The van der Waals surface area contributed by atoms with Gasteiger partial charge >= 0.3 is 0 Å². The van der Waals surface area contributed by atoms with Gasteiger partial charge in [-0.2, -0.15) is 0 Å². The molecule has 1 saturated carbocycles. The van der Waals surface area contributed by atoms with E-state index in [9.17, 15) is 4.79 Å². The van der Waals surface area contributed by atoms with E-state index in [-0.39, 0.29) is 5.92 Å². The first-order chi connectivity index (χ1) is 15.1. The second-order valence-electron chi connectivity index (χ2n) is 9.26. The van der Waals surface area contributed by atoms with Crippen LogP contribution in [0.25, 0.3) is 11.0 Å². The molecule has 2 heterocycles. The molecule has 2 atom stereocenters. The third-order valence-corrected chi connectivity index (χ3v) is 7.68. The van der Waals surface area contributed by atoms with Crippen molar-refractivity contribution in [3.8, 4) is 0 Å². The molecule has 0 saturated heterocycles. The number of benzene rings is 2. The van der Waals surface area contributed by atoms with E-state index in [4.69, 9.17) is 16.6 Å². The Labute approximate surface area is 189 Å². The first-order valence-electron chi connectivity index (χ1n) is 11.5. The van der Waals surface area contributed by atoms with Crippen LogP contribution in [0.4, 0.5) is 5.69 Å². The van der Waals surface area contributed by atoms with Crippen molar-refractivity contribution in [3.05, 3.63) is 58.4 Å². The Morgan fingerprint density at radius 3 is 2.58 bits per heavy atom. The number of rotatable bonds is 5. The van der Waals surface area contributed by atoms with Crippen molar-refractivity contribution in [1.82, 2.24) is 9.55 Å². The van der Waals surface area contributed by atoms with Crippen LogP contribution in [0.5, 0.6) is 0 Å². The molecule has 0 bridgehead atoms. The largest absolute Gasteiger partial charge is 0.372 e. The molecule has 1 fully saturated rings. The number of carbonyl (C=O) groups is 1. The van der Waals surface area contributed by atoms with Gasteiger partial charge in [-0.25, -0.2) is 4.98 Å². The lowest BCUT2D eigenvalue weighted by Crippen LogP contribution is -2.33. The number of aldehydes is 1. The fourth-order valence-corrected chi connectivity index (χ4v) is 5.61. The maximum Gasteiger partial charge on any atom is 0.127 e. The molecular formula is C26H30ClN3O. The summed E-state index contributed by atoms with van der Waals surface area (Å²) in [5, 5.41) is 0.691. The molecule has 5 rings (SSSR count). The Morgan fingerprint density at radius 1 is 1.13 bits per heavy atom. The van der Waals surface area contributed by atoms with Crippen LogP contribution in [0.1, 0.15) is 67.9 Å². The smallest absolute Gasteiger partial charge is 0.127 e. The van der Waals surface area contributed by atoms with E-state index >= 15 is 0 Å². The summed E-state index contributed by atoms with van der Waals surface area (Å²) >= 11 is 6.07. The lowest BCUT2D eigenvalue weighted by molar-refractivity contribution is -0.109. The molecule has 0 spiro atoms. The summed E-state index contributed by atoms with van der Waals surface area (Å²) in [6, 6.07) is 13.2. The summed E-state index contributed by atoms with van der Waals surface area (Å²) in [6.07, 6.45) is 8.82. The molecule has 162 valence electrons. The van der Waals surface area contributed by atoms with Crippen LogP contribution < -0.4 is 4.90 Å². The monoisotopic (exact) mass is 435 g/mol. The van der Waals surface area contributed by atoms with Gasteiger partial charge in [0.25, 0.3) is 0 Å². The van der Waals surface area contributed by atoms with Crippen LogP contribution in [0, 0.1) is 0 Å². The molecule has 2 unspecified atom stereocenters. The number of hydrogen-bond acceptors (Lipinski definition) is 3. The van der Waals surface area contributed by atoms with Gasteiger partial charge in [-0.05, 0) is 62.4 Å². The van der Waals surface area contributed by atoms with Gasteiger partial charge < -0.3 is 14.3 Å². The van der Waals surface area contributed by atoms with Crippen LogP contribution in [0.15, 0.2) is 36.4 Å². The van der Waals surface area contributed by atoms with Crippen LogP contribution >= 0.6 is 11.6 Å². The van der Waals surface area contributed by atoms with Crippen molar-refractivity contribution < 1.29 is 4.79 Å². The molecule has 4 nitrogen and oxygen atoms in total. The maximum absolute atomic E-state index is 12.1. The maximum atomic E-state index is 12.1. The summed E-state index contributed by atoms with van der Waals surface area (Å²) in [5.74, 6) is 0.830. The molecule has 0 amide bonds. The van der Waals surface area contributed by atoms with E-state index in [0.29, 0.717) is 23.5 Å². The fraction of sp³-hybridized carbons (Fsp3) is 0.462. The summed E-state index contributed by atoms with van der Waals surface area (Å²) in [4.78, 5) is 19.7. The van der Waals surface area contributed by atoms with E-state index in [1.165, 1.54) is 42.5 Å². The lowest BCUT2D eigenvalue weighted by atomic mass is 9.96. The number of hydrogen-bond donors (Lipinski definition) is 0. The highest BCUT2D eigenvalue weighted by atomic mass is 35.5. The molecule has 31 heavy (non-hydrogen) atoms. The number of nitrogens with zero attached hydrogens (tertiary/aromatic N) is 3. The van der Waals surface area contributed by atoms with E-state index < -0.39 is 0 Å². The lowest BCUT2D eigenvalue weighted by Gasteiger charge is -2.34. The van der Waals surface area contributed by atoms with E-state index in [2.05, 4.69) is 35.6 Å². The van der Waals surface area contributed by atoms with Gasteiger partial charge in [0.2, 0.25) is 0 Å². The van der Waals surface area contributed by atoms with E-state index in [1.54, 1.807) is 0 Å². The fourth-order valence-electron chi connectivity index (χ4n) is 5.48. The highest BCUT2D eigenvalue weighted by molar-refractivity contribution is 6.30. The highest BCUT2D eigenvalue weighted by Crippen LogP contribution is 2.39. The zero-order valence-corrected chi connectivity index (χ0v) is 19.1. The molecule has 2 aliphatic rings. The van der Waals surface area contributed by atoms with Gasteiger partial charge in [0.05, 0.1) is 11.0 Å². The van der Waals surface area contributed by atoms with Crippen LogP contribution in [0.2, 0.25) is 5.02 Å². The first-order valence-corrected chi connectivity index (χ1v) is 11.9. The Hall–Kier alpha value is -2.33. The second kappa shape index (κ2) is 8.31. The van der Waals surface area contributed by atoms with Gasteiger partial charge in [0, 0.05) is 47.7 Å². The molecule has 0 N–H and O–H groups in total. The van der Waals surface area contributed by atoms with Crippen molar-refractivity contribution in [1.29, 1.82) is 0 Å².